The predicted octanol–water partition coefficient (Wildman–Crippen LogP) is 3.09. The van der Waals surface area contributed by atoms with E-state index in [0.29, 0.717) is 18.7 Å². The summed E-state index contributed by atoms with van der Waals surface area (Å²) in [5.41, 5.74) is 1.62. The monoisotopic (exact) mass is 295 g/mol. The van der Waals surface area contributed by atoms with Crippen molar-refractivity contribution >= 4 is 34.3 Å². The highest BCUT2D eigenvalue weighted by Crippen LogP contribution is 2.21. The molecule has 102 valence electrons. The summed E-state index contributed by atoms with van der Waals surface area (Å²) < 4.78 is 6.01. The Balaban J connectivity index is 2.15. The molecule has 1 aliphatic rings. The molecule has 0 radical (unpaired) electrons. The van der Waals surface area contributed by atoms with Gasteiger partial charge < -0.3 is 9.64 Å². The van der Waals surface area contributed by atoms with Crippen molar-refractivity contribution in [2.45, 2.75) is 19.9 Å². The van der Waals surface area contributed by atoms with Crippen molar-refractivity contribution in [1.29, 1.82) is 0 Å². The summed E-state index contributed by atoms with van der Waals surface area (Å²) in [5, 5.41) is 0. The number of thioether (sulfide) groups is 1. The molecule has 1 aromatic rings. The maximum Gasteiger partial charge on any atom is 0.338 e. The van der Waals surface area contributed by atoms with Gasteiger partial charge in [-0.05, 0) is 25.0 Å². The van der Waals surface area contributed by atoms with Gasteiger partial charge in [-0.15, -0.1) is 0 Å². The van der Waals surface area contributed by atoms with Crippen molar-refractivity contribution in [2.75, 3.05) is 18.9 Å². The van der Waals surface area contributed by atoms with Crippen LogP contribution in [0, 0.1) is 0 Å². The van der Waals surface area contributed by atoms with Crippen LogP contribution in [-0.2, 0) is 11.3 Å². The largest absolute Gasteiger partial charge is 0.462 e. The molecular formula is C14H17NO2S2. The average molecular weight is 295 g/mol. The zero-order valence-electron chi connectivity index (χ0n) is 10.9. The normalized spacial score (nSPS) is 15.4. The summed E-state index contributed by atoms with van der Waals surface area (Å²) in [4.78, 5) is 14.1. The van der Waals surface area contributed by atoms with Crippen molar-refractivity contribution in [3.05, 3.63) is 35.4 Å². The highest BCUT2D eigenvalue weighted by Gasteiger charge is 2.19. The van der Waals surface area contributed by atoms with Crippen LogP contribution in [0.1, 0.15) is 29.3 Å². The molecule has 1 aromatic carbocycles. The molecule has 0 bridgehead atoms. The lowest BCUT2D eigenvalue weighted by Crippen LogP contribution is -2.32. The third-order valence-corrected chi connectivity index (χ3v) is 4.54. The summed E-state index contributed by atoms with van der Waals surface area (Å²) in [6.45, 7) is 3.85. The van der Waals surface area contributed by atoms with E-state index in [1.54, 1.807) is 11.8 Å². The molecule has 1 heterocycles. The number of esters is 1. The minimum atomic E-state index is -0.256. The van der Waals surface area contributed by atoms with Gasteiger partial charge in [0.25, 0.3) is 0 Å². The van der Waals surface area contributed by atoms with Gasteiger partial charge in [0.2, 0.25) is 0 Å². The molecule has 0 amide bonds. The van der Waals surface area contributed by atoms with E-state index in [4.69, 9.17) is 17.0 Å². The SMILES string of the molecule is CCOC(=O)c1ccccc1CN1CCCSC1=S. The molecule has 1 aliphatic heterocycles. The van der Waals surface area contributed by atoms with Crippen LogP contribution >= 0.6 is 24.0 Å². The van der Waals surface area contributed by atoms with Crippen LogP contribution in [0.3, 0.4) is 0 Å². The van der Waals surface area contributed by atoms with E-state index in [9.17, 15) is 4.79 Å². The quantitative estimate of drug-likeness (QED) is 0.629. The van der Waals surface area contributed by atoms with Crippen LogP contribution in [0.2, 0.25) is 0 Å². The van der Waals surface area contributed by atoms with E-state index in [2.05, 4.69) is 4.90 Å². The van der Waals surface area contributed by atoms with Gasteiger partial charge in [0.15, 0.2) is 0 Å². The zero-order chi connectivity index (χ0) is 13.7. The molecule has 1 saturated heterocycles. The van der Waals surface area contributed by atoms with Crippen molar-refractivity contribution < 1.29 is 9.53 Å². The number of benzene rings is 1. The lowest BCUT2D eigenvalue weighted by molar-refractivity contribution is 0.0524. The fraction of sp³-hybridized carbons (Fsp3) is 0.429. The van der Waals surface area contributed by atoms with Crippen molar-refractivity contribution in [1.82, 2.24) is 4.90 Å². The fourth-order valence-electron chi connectivity index (χ4n) is 2.01. The van der Waals surface area contributed by atoms with Gasteiger partial charge in [0, 0.05) is 18.8 Å². The van der Waals surface area contributed by atoms with Crippen LogP contribution in [-0.4, -0.2) is 34.1 Å². The van der Waals surface area contributed by atoms with Gasteiger partial charge in [0.1, 0.15) is 4.32 Å². The number of thiocarbonyl (C=S) groups is 1. The minimum absolute atomic E-state index is 0.256. The predicted molar refractivity (Wildman–Crippen MR) is 82.5 cm³/mol. The maximum absolute atomic E-state index is 11.9. The Morgan fingerprint density at radius 1 is 1.47 bits per heavy atom. The van der Waals surface area contributed by atoms with E-state index in [1.165, 1.54) is 0 Å². The van der Waals surface area contributed by atoms with Gasteiger partial charge in [-0.2, -0.15) is 0 Å². The number of hydrogen-bond acceptors (Lipinski definition) is 4. The van der Waals surface area contributed by atoms with Crippen LogP contribution in [0.25, 0.3) is 0 Å². The summed E-state index contributed by atoms with van der Waals surface area (Å²) in [6, 6.07) is 7.58. The highest BCUT2D eigenvalue weighted by molar-refractivity contribution is 8.22. The molecule has 3 nitrogen and oxygen atoms in total. The standard InChI is InChI=1S/C14H17NO2S2/c1-2-17-13(16)12-7-4-3-6-11(12)10-15-8-5-9-19-14(15)18/h3-4,6-7H,2,5,8-10H2,1H3. The van der Waals surface area contributed by atoms with Crippen molar-refractivity contribution in [2.24, 2.45) is 0 Å². The first kappa shape index (κ1) is 14.3. The van der Waals surface area contributed by atoms with E-state index in [-0.39, 0.29) is 5.97 Å². The molecule has 1 fully saturated rings. The lowest BCUT2D eigenvalue weighted by Gasteiger charge is -2.29. The molecule has 2 rings (SSSR count). The van der Waals surface area contributed by atoms with Gasteiger partial charge in [-0.1, -0.05) is 42.2 Å². The highest BCUT2D eigenvalue weighted by atomic mass is 32.2. The average Bonchev–Trinajstić information content (AvgIpc) is 2.42. The molecular weight excluding hydrogens is 278 g/mol. The summed E-state index contributed by atoms with van der Waals surface area (Å²) in [7, 11) is 0. The summed E-state index contributed by atoms with van der Waals surface area (Å²) >= 11 is 7.07. The second-order valence-electron chi connectivity index (χ2n) is 4.27. The van der Waals surface area contributed by atoms with Crippen molar-refractivity contribution in [3.8, 4) is 0 Å². The molecule has 0 aromatic heterocycles. The van der Waals surface area contributed by atoms with E-state index < -0.39 is 0 Å². The Hall–Kier alpha value is -1.07. The van der Waals surface area contributed by atoms with Crippen LogP contribution in [0.5, 0.6) is 0 Å². The fourth-order valence-corrected chi connectivity index (χ4v) is 3.21. The third kappa shape index (κ3) is 3.70. The smallest absolute Gasteiger partial charge is 0.338 e. The Bertz CT molecular complexity index is 476. The number of rotatable bonds is 4. The number of hydrogen-bond donors (Lipinski definition) is 0. The Kier molecular flexibility index (Phi) is 5.22. The van der Waals surface area contributed by atoms with Crippen LogP contribution in [0.15, 0.2) is 24.3 Å². The summed E-state index contributed by atoms with van der Waals surface area (Å²) in [5.74, 6) is 0.836. The number of ether oxygens (including phenoxy) is 1. The topological polar surface area (TPSA) is 29.5 Å². The Labute approximate surface area is 123 Å². The van der Waals surface area contributed by atoms with E-state index in [1.807, 2.05) is 31.2 Å². The Morgan fingerprint density at radius 3 is 3.00 bits per heavy atom. The molecule has 5 heteroatoms. The zero-order valence-corrected chi connectivity index (χ0v) is 12.6. The molecule has 0 aliphatic carbocycles. The number of carbonyl (C=O) groups is 1. The molecule has 0 saturated carbocycles. The second kappa shape index (κ2) is 6.91. The number of carbonyl (C=O) groups excluding carboxylic acids is 1. The molecule has 19 heavy (non-hydrogen) atoms. The first-order valence-corrected chi connectivity index (χ1v) is 7.78. The van der Waals surface area contributed by atoms with Gasteiger partial charge in [0.05, 0.1) is 12.2 Å². The second-order valence-corrected chi connectivity index (χ2v) is 6.00. The minimum Gasteiger partial charge on any atom is -0.462 e. The van der Waals surface area contributed by atoms with Crippen molar-refractivity contribution in [3.63, 3.8) is 0 Å². The molecule has 0 N–H and O–H groups in total. The number of nitrogens with zero attached hydrogens (tertiary/aromatic N) is 1. The van der Waals surface area contributed by atoms with Crippen LogP contribution < -0.4 is 0 Å². The third-order valence-electron chi connectivity index (χ3n) is 2.93. The molecule has 0 atom stereocenters. The van der Waals surface area contributed by atoms with Crippen LogP contribution in [0.4, 0.5) is 0 Å². The van der Waals surface area contributed by atoms with Gasteiger partial charge >= 0.3 is 5.97 Å². The Morgan fingerprint density at radius 2 is 2.26 bits per heavy atom. The molecule has 0 spiro atoms. The lowest BCUT2D eigenvalue weighted by atomic mass is 10.1. The van der Waals surface area contributed by atoms with E-state index >= 15 is 0 Å². The first-order chi connectivity index (χ1) is 9.22. The first-order valence-electron chi connectivity index (χ1n) is 6.39. The molecule has 0 unspecified atom stereocenters. The maximum atomic E-state index is 11.9. The summed E-state index contributed by atoms with van der Waals surface area (Å²) in [6.07, 6.45) is 1.13. The van der Waals surface area contributed by atoms with E-state index in [0.717, 1.165) is 28.6 Å². The van der Waals surface area contributed by atoms with Gasteiger partial charge in [-0.25, -0.2) is 4.79 Å². The van der Waals surface area contributed by atoms with Gasteiger partial charge in [-0.3, -0.25) is 0 Å².